The number of amides is 1. The number of benzene rings is 2. The van der Waals surface area contributed by atoms with Gasteiger partial charge in [0.15, 0.2) is 6.61 Å². The second-order valence-electron chi connectivity index (χ2n) is 7.69. The SMILES string of the molecule is CCc1cc(NC(=O)COc2ccc(S(=O)(=O)NC(C)(C)C)cc2)ccc1C(=O)O. The first-order valence-corrected chi connectivity index (χ1v) is 10.8. The van der Waals surface area contributed by atoms with Crippen molar-refractivity contribution < 1.29 is 27.9 Å². The van der Waals surface area contributed by atoms with Crippen molar-refractivity contribution in [3.63, 3.8) is 0 Å². The first-order valence-electron chi connectivity index (χ1n) is 9.34. The fourth-order valence-electron chi connectivity index (χ4n) is 2.70. The van der Waals surface area contributed by atoms with Crippen molar-refractivity contribution in [3.8, 4) is 5.75 Å². The molecule has 0 atom stereocenters. The second kappa shape index (κ2) is 9.27. The summed E-state index contributed by atoms with van der Waals surface area (Å²) in [5.74, 6) is -1.10. The molecule has 0 unspecified atom stereocenters. The van der Waals surface area contributed by atoms with Crippen LogP contribution in [0.25, 0.3) is 0 Å². The zero-order valence-electron chi connectivity index (χ0n) is 17.4. The van der Waals surface area contributed by atoms with E-state index in [0.717, 1.165) is 0 Å². The van der Waals surface area contributed by atoms with Crippen LogP contribution in [0.3, 0.4) is 0 Å². The summed E-state index contributed by atoms with van der Waals surface area (Å²) in [5, 5.41) is 11.8. The Labute approximate surface area is 176 Å². The van der Waals surface area contributed by atoms with Crippen molar-refractivity contribution in [1.82, 2.24) is 4.72 Å². The van der Waals surface area contributed by atoms with E-state index in [2.05, 4.69) is 10.0 Å². The third-order valence-corrected chi connectivity index (χ3v) is 5.72. The van der Waals surface area contributed by atoms with Gasteiger partial charge >= 0.3 is 5.97 Å². The quantitative estimate of drug-likeness (QED) is 0.587. The van der Waals surface area contributed by atoms with Crippen LogP contribution in [0.5, 0.6) is 5.75 Å². The molecule has 0 bridgehead atoms. The first-order chi connectivity index (χ1) is 13.9. The molecule has 0 aliphatic heterocycles. The summed E-state index contributed by atoms with van der Waals surface area (Å²) in [6, 6.07) is 10.3. The Morgan fingerprint density at radius 3 is 2.23 bits per heavy atom. The number of hydrogen-bond acceptors (Lipinski definition) is 5. The summed E-state index contributed by atoms with van der Waals surface area (Å²) in [6.45, 7) is 6.80. The van der Waals surface area contributed by atoms with E-state index in [0.29, 0.717) is 23.4 Å². The predicted molar refractivity (Wildman–Crippen MR) is 113 cm³/mol. The van der Waals surface area contributed by atoms with E-state index in [1.54, 1.807) is 26.8 Å². The molecule has 30 heavy (non-hydrogen) atoms. The van der Waals surface area contributed by atoms with Crippen molar-refractivity contribution >= 4 is 27.6 Å². The summed E-state index contributed by atoms with van der Waals surface area (Å²) in [6.07, 6.45) is 0.515. The molecule has 2 rings (SSSR count). The smallest absolute Gasteiger partial charge is 0.335 e. The van der Waals surface area contributed by atoms with Crippen molar-refractivity contribution in [3.05, 3.63) is 53.6 Å². The van der Waals surface area contributed by atoms with Crippen LogP contribution >= 0.6 is 0 Å². The summed E-state index contributed by atoms with van der Waals surface area (Å²) >= 11 is 0. The Kier molecular flexibility index (Phi) is 7.22. The Bertz CT molecular complexity index is 1020. The minimum Gasteiger partial charge on any atom is -0.484 e. The van der Waals surface area contributed by atoms with Crippen LogP contribution in [0.15, 0.2) is 47.4 Å². The van der Waals surface area contributed by atoms with Gasteiger partial charge in [-0.1, -0.05) is 6.92 Å². The fraction of sp³-hybridized carbons (Fsp3) is 0.333. The topological polar surface area (TPSA) is 122 Å². The number of carboxylic acids is 1. The van der Waals surface area contributed by atoms with Crippen LogP contribution in [-0.4, -0.2) is 37.5 Å². The Morgan fingerprint density at radius 2 is 1.70 bits per heavy atom. The number of carbonyl (C=O) groups excluding carboxylic acids is 1. The number of rotatable bonds is 8. The van der Waals surface area contributed by atoms with Gasteiger partial charge in [0.1, 0.15) is 5.75 Å². The molecule has 0 heterocycles. The van der Waals surface area contributed by atoms with E-state index >= 15 is 0 Å². The summed E-state index contributed by atoms with van der Waals surface area (Å²) in [7, 11) is -3.65. The van der Waals surface area contributed by atoms with Gasteiger partial charge in [0, 0.05) is 11.2 Å². The molecule has 0 aromatic heterocycles. The molecule has 162 valence electrons. The third kappa shape index (κ3) is 6.57. The number of ether oxygens (including phenoxy) is 1. The number of sulfonamides is 1. The summed E-state index contributed by atoms with van der Waals surface area (Å²) in [5.41, 5.74) is 0.677. The van der Waals surface area contributed by atoms with Crippen molar-refractivity contribution in [2.75, 3.05) is 11.9 Å². The molecule has 0 spiro atoms. The maximum absolute atomic E-state index is 12.3. The Morgan fingerprint density at radius 1 is 1.07 bits per heavy atom. The first kappa shape index (κ1) is 23.4. The molecule has 2 aromatic rings. The molecule has 0 aliphatic carbocycles. The zero-order valence-corrected chi connectivity index (χ0v) is 18.2. The number of hydrogen-bond donors (Lipinski definition) is 3. The minimum absolute atomic E-state index is 0.0971. The standard InChI is InChI=1S/C21H26N2O6S/c1-5-14-12-15(6-11-18(14)20(25)26)22-19(24)13-29-16-7-9-17(10-8-16)30(27,28)23-21(2,3)4/h6-12,23H,5,13H2,1-4H3,(H,22,24)(H,25,26). The number of anilines is 1. The molecule has 0 saturated carbocycles. The lowest BCUT2D eigenvalue weighted by Gasteiger charge is -2.20. The number of aromatic carboxylic acids is 1. The second-order valence-corrected chi connectivity index (χ2v) is 9.38. The van der Waals surface area contributed by atoms with Crippen molar-refractivity contribution in [2.24, 2.45) is 0 Å². The highest BCUT2D eigenvalue weighted by Gasteiger charge is 2.21. The van der Waals surface area contributed by atoms with Crippen LogP contribution < -0.4 is 14.8 Å². The largest absolute Gasteiger partial charge is 0.484 e. The van der Waals surface area contributed by atoms with Gasteiger partial charge in [-0.15, -0.1) is 0 Å². The van der Waals surface area contributed by atoms with E-state index in [9.17, 15) is 18.0 Å². The number of aryl methyl sites for hydroxylation is 1. The molecule has 0 aliphatic rings. The maximum atomic E-state index is 12.3. The van der Waals surface area contributed by atoms with Gasteiger partial charge in [-0.2, -0.15) is 0 Å². The molecule has 1 amide bonds. The van der Waals surface area contributed by atoms with Crippen LogP contribution in [0.4, 0.5) is 5.69 Å². The predicted octanol–water partition coefficient (Wildman–Crippen LogP) is 3.04. The lowest BCUT2D eigenvalue weighted by atomic mass is 10.0. The third-order valence-electron chi connectivity index (χ3n) is 3.94. The molecule has 2 aromatic carbocycles. The highest BCUT2D eigenvalue weighted by molar-refractivity contribution is 7.89. The van der Waals surface area contributed by atoms with Gasteiger partial charge in [0.05, 0.1) is 10.5 Å². The van der Waals surface area contributed by atoms with E-state index in [1.165, 1.54) is 36.4 Å². The van der Waals surface area contributed by atoms with E-state index in [4.69, 9.17) is 9.84 Å². The fourth-order valence-corrected chi connectivity index (χ4v) is 4.11. The Hall–Kier alpha value is -2.91. The molecule has 0 fully saturated rings. The normalized spacial score (nSPS) is 11.7. The van der Waals surface area contributed by atoms with Gasteiger partial charge in [-0.05, 0) is 75.2 Å². The average Bonchev–Trinajstić information content (AvgIpc) is 2.64. The van der Waals surface area contributed by atoms with Gasteiger partial charge in [-0.3, -0.25) is 4.79 Å². The van der Waals surface area contributed by atoms with Crippen LogP contribution in [-0.2, 0) is 21.2 Å². The number of carboxylic acid groups (broad SMARTS) is 1. The molecule has 0 saturated heterocycles. The van der Waals surface area contributed by atoms with E-state index in [-0.39, 0.29) is 17.1 Å². The molecule has 8 nitrogen and oxygen atoms in total. The van der Waals surface area contributed by atoms with Crippen LogP contribution in [0.2, 0.25) is 0 Å². The maximum Gasteiger partial charge on any atom is 0.335 e. The average molecular weight is 435 g/mol. The van der Waals surface area contributed by atoms with E-state index in [1.807, 2.05) is 6.92 Å². The number of carbonyl (C=O) groups is 2. The van der Waals surface area contributed by atoms with Crippen molar-refractivity contribution in [2.45, 2.75) is 44.6 Å². The monoisotopic (exact) mass is 434 g/mol. The van der Waals surface area contributed by atoms with Gasteiger partial charge in [0.25, 0.3) is 5.91 Å². The van der Waals surface area contributed by atoms with Gasteiger partial charge < -0.3 is 15.2 Å². The minimum atomic E-state index is -3.65. The van der Waals surface area contributed by atoms with Crippen LogP contribution in [0.1, 0.15) is 43.6 Å². The van der Waals surface area contributed by atoms with Crippen molar-refractivity contribution in [1.29, 1.82) is 0 Å². The summed E-state index contributed by atoms with van der Waals surface area (Å²) < 4.78 is 32.6. The zero-order chi connectivity index (χ0) is 22.5. The molecule has 0 radical (unpaired) electrons. The lowest BCUT2D eigenvalue weighted by molar-refractivity contribution is -0.118. The van der Waals surface area contributed by atoms with Gasteiger partial charge in [0.2, 0.25) is 10.0 Å². The molecule has 3 N–H and O–H groups in total. The molecule has 9 heteroatoms. The van der Waals surface area contributed by atoms with Gasteiger partial charge in [-0.25, -0.2) is 17.9 Å². The van der Waals surface area contributed by atoms with E-state index < -0.39 is 27.4 Å². The van der Waals surface area contributed by atoms with Crippen LogP contribution in [0, 0.1) is 0 Å². The summed E-state index contributed by atoms with van der Waals surface area (Å²) in [4.78, 5) is 23.4. The highest BCUT2D eigenvalue weighted by Crippen LogP contribution is 2.19. The Balaban J connectivity index is 1.98. The molecular weight excluding hydrogens is 408 g/mol. The molecular formula is C21H26N2O6S. The lowest BCUT2D eigenvalue weighted by Crippen LogP contribution is -2.40. The highest BCUT2D eigenvalue weighted by atomic mass is 32.2. The number of nitrogens with one attached hydrogen (secondary N) is 2.